The summed E-state index contributed by atoms with van der Waals surface area (Å²) in [6.07, 6.45) is 4.53. The first-order valence-electron chi connectivity index (χ1n) is 7.43. The van der Waals surface area contributed by atoms with E-state index in [2.05, 4.69) is 19.1 Å². The van der Waals surface area contributed by atoms with Gasteiger partial charge in [0.05, 0.1) is 18.6 Å². The molecule has 2 rings (SSSR count). The van der Waals surface area contributed by atoms with E-state index >= 15 is 0 Å². The minimum absolute atomic E-state index is 0.0303. The Labute approximate surface area is 161 Å². The molecule has 1 fully saturated rings. The Morgan fingerprint density at radius 1 is 1.21 bits per heavy atom. The summed E-state index contributed by atoms with van der Waals surface area (Å²) in [7, 11) is -16.5. The first-order valence-corrected chi connectivity index (χ1v) is 11.9. The molecule has 0 bridgehead atoms. The van der Waals surface area contributed by atoms with Crippen LogP contribution in [0, 0.1) is 18.3 Å². The average Bonchev–Trinajstić information content (AvgIpc) is 2.92. The molecule has 5 N–H and O–H groups in total. The summed E-state index contributed by atoms with van der Waals surface area (Å²) < 4.78 is 51.7. The third-order valence-electron chi connectivity index (χ3n) is 3.37. The monoisotopic (exact) mass is 476 g/mol. The van der Waals surface area contributed by atoms with Crippen molar-refractivity contribution in [3.63, 3.8) is 0 Å². The van der Waals surface area contributed by atoms with E-state index in [4.69, 9.17) is 25.8 Å². The van der Waals surface area contributed by atoms with Gasteiger partial charge in [-0.15, -0.1) is 6.42 Å². The van der Waals surface area contributed by atoms with Crippen molar-refractivity contribution in [1.82, 2.24) is 9.55 Å². The molecule has 0 aliphatic carbocycles. The molecule has 1 aliphatic heterocycles. The first-order chi connectivity index (χ1) is 13.2. The molecule has 0 spiro atoms. The number of nitrogens with one attached hydrogen (secondary N) is 1. The molecule has 3 unspecified atom stereocenters. The highest BCUT2D eigenvalue weighted by molar-refractivity contribution is 7.66. The van der Waals surface area contributed by atoms with Gasteiger partial charge in [0.15, 0.2) is 6.23 Å². The van der Waals surface area contributed by atoms with Crippen molar-refractivity contribution in [3.05, 3.63) is 33.1 Å². The zero-order valence-corrected chi connectivity index (χ0v) is 16.8. The predicted octanol–water partition coefficient (Wildman–Crippen LogP) is -0.583. The average molecular weight is 476 g/mol. The van der Waals surface area contributed by atoms with Gasteiger partial charge in [-0.1, -0.05) is 5.92 Å². The predicted molar refractivity (Wildman–Crippen MR) is 92.0 cm³/mol. The topological polar surface area (TPSA) is 224 Å². The lowest BCUT2D eigenvalue weighted by molar-refractivity contribution is -0.0300. The van der Waals surface area contributed by atoms with Crippen LogP contribution >= 0.6 is 23.5 Å². The zero-order valence-electron chi connectivity index (χ0n) is 14.1. The number of hydrogen-bond acceptors (Lipinski definition) is 9. The molecule has 5 atom stereocenters. The normalized spacial score (nSPS) is 26.4. The molecule has 1 saturated heterocycles. The largest absolute Gasteiger partial charge is 0.490 e. The molecular weight excluding hydrogens is 461 g/mol. The fourth-order valence-corrected chi connectivity index (χ4v) is 5.42. The Morgan fingerprint density at radius 2 is 1.86 bits per heavy atom. The van der Waals surface area contributed by atoms with E-state index in [0.717, 1.165) is 16.8 Å². The minimum atomic E-state index is -5.64. The molecule has 0 saturated carbocycles. The van der Waals surface area contributed by atoms with Crippen LogP contribution in [0.3, 0.4) is 0 Å². The second-order valence-corrected chi connectivity index (χ2v) is 9.98. The van der Waals surface area contributed by atoms with Crippen molar-refractivity contribution in [2.45, 2.75) is 18.8 Å². The maximum atomic E-state index is 11.9. The first kappa shape index (κ1) is 23.9. The Hall–Kier alpha value is -1.39. The summed E-state index contributed by atoms with van der Waals surface area (Å²) in [5.41, 5.74) is -1.46. The fourth-order valence-electron chi connectivity index (χ4n) is 2.37. The lowest BCUT2D eigenvalue weighted by atomic mass is 10.0. The standard InChI is InChI=1S/C11H15N2O13P3/c1-2-7-5-8(24-10(7)13-4-3-9(14)12-11(13)15)6-23-28(19,20)26-29(21,22)25-27(16,17)18/h1,3-4,7-8,10H,5-6H2,(H,19,20)(H,21,22)(H,12,14,15)(H2,16,17,18)/t7-,8+,10?/m1/s1. The number of aromatic nitrogens is 2. The second-order valence-electron chi connectivity index (χ2n) is 5.56. The molecule has 29 heavy (non-hydrogen) atoms. The molecule has 15 nitrogen and oxygen atoms in total. The van der Waals surface area contributed by atoms with Gasteiger partial charge < -0.3 is 24.3 Å². The highest BCUT2D eigenvalue weighted by Gasteiger charge is 2.42. The zero-order chi connectivity index (χ0) is 22.0. The van der Waals surface area contributed by atoms with Crippen LogP contribution in [-0.2, 0) is 31.6 Å². The van der Waals surface area contributed by atoms with Gasteiger partial charge in [0.25, 0.3) is 5.56 Å². The van der Waals surface area contributed by atoms with Gasteiger partial charge in [0, 0.05) is 12.3 Å². The smallest absolute Gasteiger partial charge is 0.351 e. The molecule has 0 radical (unpaired) electrons. The van der Waals surface area contributed by atoms with E-state index in [1.165, 1.54) is 0 Å². The summed E-state index contributed by atoms with van der Waals surface area (Å²) in [6, 6.07) is 1.05. The van der Waals surface area contributed by atoms with Crippen molar-refractivity contribution in [1.29, 1.82) is 0 Å². The van der Waals surface area contributed by atoms with E-state index in [9.17, 15) is 28.2 Å². The number of rotatable bonds is 8. The number of ether oxygens (including phenoxy) is 1. The van der Waals surface area contributed by atoms with E-state index in [1.54, 1.807) is 0 Å². The molecule has 2 heterocycles. The van der Waals surface area contributed by atoms with Crippen molar-refractivity contribution in [2.24, 2.45) is 5.92 Å². The Morgan fingerprint density at radius 3 is 2.41 bits per heavy atom. The lowest BCUT2D eigenvalue weighted by Crippen LogP contribution is -2.33. The number of phosphoric acid groups is 3. The summed E-state index contributed by atoms with van der Waals surface area (Å²) in [5, 5.41) is 0. The summed E-state index contributed by atoms with van der Waals surface area (Å²) in [4.78, 5) is 60.5. The third kappa shape index (κ3) is 7.11. The highest BCUT2D eigenvalue weighted by Crippen LogP contribution is 2.66. The number of phosphoric ester groups is 1. The maximum Gasteiger partial charge on any atom is 0.490 e. The Bertz CT molecular complexity index is 1050. The quantitative estimate of drug-likeness (QED) is 0.234. The summed E-state index contributed by atoms with van der Waals surface area (Å²) in [5.74, 6) is 1.66. The van der Waals surface area contributed by atoms with E-state index in [-0.39, 0.29) is 6.42 Å². The van der Waals surface area contributed by atoms with Crippen LogP contribution in [0.4, 0.5) is 0 Å². The van der Waals surface area contributed by atoms with Gasteiger partial charge in [0.1, 0.15) is 0 Å². The Balaban J connectivity index is 2.04. The summed E-state index contributed by atoms with van der Waals surface area (Å²) >= 11 is 0. The van der Waals surface area contributed by atoms with Crippen molar-refractivity contribution in [3.8, 4) is 12.3 Å². The molecule has 1 aliphatic rings. The van der Waals surface area contributed by atoms with Gasteiger partial charge in [-0.05, 0) is 6.42 Å². The van der Waals surface area contributed by atoms with E-state index in [0.29, 0.717) is 0 Å². The minimum Gasteiger partial charge on any atom is -0.351 e. The molecule has 162 valence electrons. The third-order valence-corrected chi connectivity index (χ3v) is 7.17. The highest BCUT2D eigenvalue weighted by atomic mass is 31.3. The number of aromatic amines is 1. The second kappa shape index (κ2) is 8.77. The van der Waals surface area contributed by atoms with Crippen LogP contribution in [0.5, 0.6) is 0 Å². The molecule has 18 heteroatoms. The molecule has 0 amide bonds. The SMILES string of the molecule is C#C[C@@H]1C[C@@H](COP(=O)(O)OP(=O)(O)OP(=O)(O)O)OC1n1ccc(=O)[nH]c1=O. The fraction of sp³-hybridized carbons (Fsp3) is 0.455. The summed E-state index contributed by atoms with van der Waals surface area (Å²) in [6.45, 7) is -0.712. The lowest BCUT2D eigenvalue weighted by Gasteiger charge is -2.19. The van der Waals surface area contributed by atoms with Gasteiger partial charge in [-0.25, -0.2) is 18.5 Å². The van der Waals surface area contributed by atoms with Crippen LogP contribution < -0.4 is 11.2 Å². The molecule has 1 aromatic rings. The van der Waals surface area contributed by atoms with Crippen molar-refractivity contribution >= 4 is 23.5 Å². The molecule has 0 aromatic carbocycles. The van der Waals surface area contributed by atoms with Gasteiger partial charge in [-0.3, -0.25) is 18.9 Å². The number of nitrogens with zero attached hydrogens (tertiary/aromatic N) is 1. The Kier molecular flexibility index (Phi) is 7.22. The van der Waals surface area contributed by atoms with E-state index in [1.807, 2.05) is 4.98 Å². The van der Waals surface area contributed by atoms with Crippen molar-refractivity contribution in [2.75, 3.05) is 6.61 Å². The maximum absolute atomic E-state index is 11.9. The number of H-pyrrole nitrogens is 1. The van der Waals surface area contributed by atoms with Gasteiger partial charge in [-0.2, -0.15) is 8.62 Å². The van der Waals surface area contributed by atoms with Crippen LogP contribution in [0.15, 0.2) is 21.9 Å². The molecular formula is C11H15N2O13P3. The van der Waals surface area contributed by atoms with Crippen LogP contribution in [-0.4, -0.2) is 41.8 Å². The van der Waals surface area contributed by atoms with E-state index < -0.39 is 59.6 Å². The molecule has 1 aromatic heterocycles. The van der Waals surface area contributed by atoms with Gasteiger partial charge in [0.2, 0.25) is 0 Å². The number of terminal acetylenes is 1. The van der Waals surface area contributed by atoms with Crippen LogP contribution in [0.1, 0.15) is 12.6 Å². The van der Waals surface area contributed by atoms with Gasteiger partial charge >= 0.3 is 29.2 Å². The van der Waals surface area contributed by atoms with Crippen LogP contribution in [0.2, 0.25) is 0 Å². The van der Waals surface area contributed by atoms with Crippen molar-refractivity contribution < 1.29 is 51.2 Å². The van der Waals surface area contributed by atoms with Crippen LogP contribution in [0.25, 0.3) is 0 Å². The number of hydrogen-bond donors (Lipinski definition) is 5.